The van der Waals surface area contributed by atoms with E-state index < -0.39 is 0 Å². The molecule has 3 aromatic heterocycles. The summed E-state index contributed by atoms with van der Waals surface area (Å²) in [6.45, 7) is 6.71. The van der Waals surface area contributed by atoms with Gasteiger partial charge in [0.1, 0.15) is 0 Å². The minimum Gasteiger partial charge on any atom is -0.366 e. The summed E-state index contributed by atoms with van der Waals surface area (Å²) < 4.78 is 1.89. The first-order valence-corrected chi connectivity index (χ1v) is 12.2. The first-order chi connectivity index (χ1) is 16.6. The molecule has 0 spiro atoms. The molecule has 2 atom stereocenters. The van der Waals surface area contributed by atoms with Crippen molar-refractivity contribution >= 4 is 22.2 Å². The van der Waals surface area contributed by atoms with Crippen LogP contribution >= 0.6 is 0 Å². The molecule has 6 rings (SSSR count). The third-order valence-corrected chi connectivity index (χ3v) is 7.18. The highest BCUT2D eigenvalue weighted by atomic mass is 15.2. The molecule has 0 amide bonds. The minimum absolute atomic E-state index is 0.586. The molecule has 0 aliphatic carbocycles. The van der Waals surface area contributed by atoms with Gasteiger partial charge in [-0.25, -0.2) is 9.50 Å². The Morgan fingerprint density at radius 2 is 1.62 bits per heavy atom. The van der Waals surface area contributed by atoms with Gasteiger partial charge >= 0.3 is 0 Å². The Hall–Kier alpha value is -3.73. The van der Waals surface area contributed by atoms with Crippen LogP contribution in [0.1, 0.15) is 38.8 Å². The molecule has 1 fully saturated rings. The number of para-hydroxylation sites is 1. The summed E-state index contributed by atoms with van der Waals surface area (Å²) in [5, 5.41) is 5.77. The lowest BCUT2D eigenvalue weighted by Crippen LogP contribution is -2.43. The van der Waals surface area contributed by atoms with E-state index in [0.29, 0.717) is 12.1 Å². The molecule has 0 bridgehead atoms. The van der Waals surface area contributed by atoms with E-state index in [0.717, 1.165) is 44.5 Å². The summed E-state index contributed by atoms with van der Waals surface area (Å²) in [7, 11) is 0. The molecule has 5 aromatic rings. The summed E-state index contributed by atoms with van der Waals surface area (Å²) in [5.74, 6) is 0. The summed E-state index contributed by atoms with van der Waals surface area (Å²) in [4.78, 5) is 12.1. The van der Waals surface area contributed by atoms with Crippen LogP contribution in [0.2, 0.25) is 0 Å². The first-order valence-electron chi connectivity index (χ1n) is 12.2. The fourth-order valence-corrected chi connectivity index (χ4v) is 5.50. The third-order valence-electron chi connectivity index (χ3n) is 7.18. The van der Waals surface area contributed by atoms with Crippen LogP contribution in [0.15, 0.2) is 73.2 Å². The third kappa shape index (κ3) is 3.52. The number of anilines is 1. The number of hydrogen-bond donors (Lipinski definition) is 0. The maximum absolute atomic E-state index is 4.84. The predicted molar refractivity (Wildman–Crippen MR) is 139 cm³/mol. The molecule has 5 heteroatoms. The van der Waals surface area contributed by atoms with Gasteiger partial charge in [-0.05, 0) is 75.4 Å². The van der Waals surface area contributed by atoms with Gasteiger partial charge in [-0.3, -0.25) is 4.98 Å². The first kappa shape index (κ1) is 20.8. The number of rotatable bonds is 3. The second kappa shape index (κ2) is 8.24. The van der Waals surface area contributed by atoms with Gasteiger partial charge in [-0.1, -0.05) is 30.3 Å². The average molecular weight is 448 g/mol. The lowest BCUT2D eigenvalue weighted by molar-refractivity contribution is 0.414. The van der Waals surface area contributed by atoms with E-state index in [1.54, 1.807) is 0 Å². The van der Waals surface area contributed by atoms with Gasteiger partial charge < -0.3 is 4.90 Å². The van der Waals surface area contributed by atoms with Crippen molar-refractivity contribution in [2.75, 3.05) is 4.90 Å². The predicted octanol–water partition coefficient (Wildman–Crippen LogP) is 6.69. The summed E-state index contributed by atoms with van der Waals surface area (Å²) in [6, 6.07) is 20.4. The number of aromatic nitrogens is 4. The van der Waals surface area contributed by atoms with Crippen LogP contribution in [0.5, 0.6) is 0 Å². The van der Waals surface area contributed by atoms with Crippen molar-refractivity contribution in [1.29, 1.82) is 0 Å². The SMILES string of the molecule is Cc1cc(-c2cnn3cc(-c4ccc(N5[C@H](C)CCC[C@@H]5C)cc4)cnc23)c2ccccc2n1. The summed E-state index contributed by atoms with van der Waals surface area (Å²) in [5.41, 5.74) is 8.49. The zero-order chi connectivity index (χ0) is 23.2. The molecule has 5 nitrogen and oxygen atoms in total. The molecule has 0 unspecified atom stereocenters. The maximum Gasteiger partial charge on any atom is 0.162 e. The van der Waals surface area contributed by atoms with Gasteiger partial charge in [0.2, 0.25) is 0 Å². The molecule has 34 heavy (non-hydrogen) atoms. The number of hydrogen-bond acceptors (Lipinski definition) is 4. The highest BCUT2D eigenvalue weighted by Gasteiger charge is 2.24. The minimum atomic E-state index is 0.586. The van der Waals surface area contributed by atoms with Crippen molar-refractivity contribution in [1.82, 2.24) is 19.6 Å². The molecular weight excluding hydrogens is 418 g/mol. The van der Waals surface area contributed by atoms with Crippen LogP contribution in [-0.2, 0) is 0 Å². The Balaban J connectivity index is 1.36. The maximum atomic E-state index is 4.84. The average Bonchev–Trinajstić information content (AvgIpc) is 3.27. The van der Waals surface area contributed by atoms with E-state index in [4.69, 9.17) is 4.98 Å². The number of aryl methyl sites for hydroxylation is 1. The number of nitrogens with zero attached hydrogens (tertiary/aromatic N) is 5. The molecule has 4 heterocycles. The quantitative estimate of drug-likeness (QED) is 0.309. The molecule has 1 saturated heterocycles. The zero-order valence-corrected chi connectivity index (χ0v) is 19.9. The van der Waals surface area contributed by atoms with Gasteiger partial charge in [0.25, 0.3) is 0 Å². The number of piperidine rings is 1. The Morgan fingerprint density at radius 3 is 2.41 bits per heavy atom. The lowest BCUT2D eigenvalue weighted by atomic mass is 9.96. The van der Waals surface area contributed by atoms with E-state index >= 15 is 0 Å². The van der Waals surface area contributed by atoms with Crippen molar-refractivity contribution in [2.45, 2.75) is 52.1 Å². The van der Waals surface area contributed by atoms with Crippen LogP contribution in [0.3, 0.4) is 0 Å². The lowest BCUT2D eigenvalue weighted by Gasteiger charge is -2.41. The van der Waals surface area contributed by atoms with Crippen molar-refractivity contribution in [3.8, 4) is 22.3 Å². The Labute approximate surface area is 200 Å². The summed E-state index contributed by atoms with van der Waals surface area (Å²) in [6.07, 6.45) is 9.79. The van der Waals surface area contributed by atoms with Crippen molar-refractivity contribution in [2.24, 2.45) is 0 Å². The standard InChI is InChI=1S/C29H29N5/c1-19-15-26(25-9-4-5-10-28(25)32-19)27-17-31-33-18-23(16-30-29(27)33)22-11-13-24(14-12-22)34-20(2)7-6-8-21(34)3/h4-5,9-18,20-21H,6-8H2,1-3H3/t20-,21+. The van der Waals surface area contributed by atoms with E-state index in [2.05, 4.69) is 83.6 Å². The molecule has 0 N–H and O–H groups in total. The smallest absolute Gasteiger partial charge is 0.162 e. The van der Waals surface area contributed by atoms with E-state index in [9.17, 15) is 0 Å². The van der Waals surface area contributed by atoms with Crippen LogP contribution < -0.4 is 4.90 Å². The van der Waals surface area contributed by atoms with E-state index in [-0.39, 0.29) is 0 Å². The van der Waals surface area contributed by atoms with Gasteiger partial charge in [-0.15, -0.1) is 0 Å². The Bertz CT molecular complexity index is 1470. The van der Waals surface area contributed by atoms with Crippen LogP contribution in [0, 0.1) is 6.92 Å². The van der Waals surface area contributed by atoms with Gasteiger partial charge in [0.15, 0.2) is 5.65 Å². The molecule has 0 saturated carbocycles. The summed E-state index contributed by atoms with van der Waals surface area (Å²) >= 11 is 0. The van der Waals surface area contributed by atoms with Crippen molar-refractivity contribution < 1.29 is 0 Å². The second-order valence-electron chi connectivity index (χ2n) is 9.58. The highest BCUT2D eigenvalue weighted by molar-refractivity contribution is 5.98. The number of fused-ring (bicyclic) bond motifs is 2. The fourth-order valence-electron chi connectivity index (χ4n) is 5.50. The normalized spacial score (nSPS) is 18.6. The van der Waals surface area contributed by atoms with E-state index in [1.165, 1.54) is 24.9 Å². The van der Waals surface area contributed by atoms with Crippen LogP contribution in [-0.4, -0.2) is 31.7 Å². The van der Waals surface area contributed by atoms with Crippen LogP contribution in [0.25, 0.3) is 38.8 Å². The Kier molecular flexibility index (Phi) is 5.05. The van der Waals surface area contributed by atoms with Gasteiger partial charge in [-0.2, -0.15) is 5.10 Å². The van der Waals surface area contributed by atoms with Gasteiger partial charge in [0.05, 0.1) is 11.7 Å². The molecular formula is C29H29N5. The van der Waals surface area contributed by atoms with Crippen LogP contribution in [0.4, 0.5) is 5.69 Å². The monoisotopic (exact) mass is 447 g/mol. The zero-order valence-electron chi connectivity index (χ0n) is 19.9. The highest BCUT2D eigenvalue weighted by Crippen LogP contribution is 2.33. The topological polar surface area (TPSA) is 46.3 Å². The molecule has 170 valence electrons. The molecule has 2 aromatic carbocycles. The largest absolute Gasteiger partial charge is 0.366 e. The molecule has 1 aliphatic heterocycles. The van der Waals surface area contributed by atoms with E-state index in [1.807, 2.05) is 29.9 Å². The number of pyridine rings is 1. The Morgan fingerprint density at radius 1 is 0.853 bits per heavy atom. The number of benzene rings is 2. The van der Waals surface area contributed by atoms with Gasteiger partial charge in [0, 0.05) is 52.4 Å². The van der Waals surface area contributed by atoms with Crippen molar-refractivity contribution in [3.63, 3.8) is 0 Å². The molecule has 0 radical (unpaired) electrons. The fraction of sp³-hybridized carbons (Fsp3) is 0.276. The second-order valence-corrected chi connectivity index (χ2v) is 9.58. The van der Waals surface area contributed by atoms with Crippen molar-refractivity contribution in [3.05, 3.63) is 78.9 Å². The molecule has 1 aliphatic rings.